The van der Waals surface area contributed by atoms with E-state index in [9.17, 15) is 17.6 Å². The Kier molecular flexibility index (Phi) is 5.89. The summed E-state index contributed by atoms with van der Waals surface area (Å²) in [6.45, 7) is -0.0746. The molecule has 1 fully saturated rings. The first-order chi connectivity index (χ1) is 12.3. The van der Waals surface area contributed by atoms with Crippen LogP contribution < -0.4 is 0 Å². The van der Waals surface area contributed by atoms with Crippen LogP contribution in [0.15, 0.2) is 47.4 Å². The van der Waals surface area contributed by atoms with Gasteiger partial charge in [-0.1, -0.05) is 29.8 Å². The van der Waals surface area contributed by atoms with Crippen LogP contribution in [0.1, 0.15) is 22.3 Å². The third kappa shape index (κ3) is 4.78. The molecule has 0 aliphatic carbocycles. The van der Waals surface area contributed by atoms with E-state index >= 15 is 0 Å². The molecule has 1 aliphatic heterocycles. The van der Waals surface area contributed by atoms with Crippen molar-refractivity contribution in [1.82, 2.24) is 0 Å². The van der Waals surface area contributed by atoms with Gasteiger partial charge >= 0.3 is 5.97 Å². The SMILES string of the molecule is O=C(OCc1ccc(F)cc1Cl)c1ccccc1S[C@H]1CCS(=O)(=O)C1. The van der Waals surface area contributed by atoms with E-state index in [1.807, 2.05) is 0 Å². The molecule has 2 aromatic rings. The largest absolute Gasteiger partial charge is 0.457 e. The van der Waals surface area contributed by atoms with Crippen molar-refractivity contribution in [2.45, 2.75) is 23.2 Å². The van der Waals surface area contributed by atoms with E-state index in [1.165, 1.54) is 23.9 Å². The number of ether oxygens (including phenoxy) is 1. The van der Waals surface area contributed by atoms with Gasteiger partial charge in [-0.3, -0.25) is 0 Å². The first-order valence-corrected chi connectivity index (χ1v) is 11.0. The Morgan fingerprint density at radius 2 is 2.04 bits per heavy atom. The number of hydrogen-bond acceptors (Lipinski definition) is 5. The first-order valence-electron chi connectivity index (χ1n) is 7.91. The number of carbonyl (C=O) groups is 1. The molecular weight excluding hydrogens is 399 g/mol. The summed E-state index contributed by atoms with van der Waals surface area (Å²) in [6.07, 6.45) is 0.571. The van der Waals surface area contributed by atoms with Crippen molar-refractivity contribution in [3.63, 3.8) is 0 Å². The minimum atomic E-state index is -2.99. The molecule has 0 radical (unpaired) electrons. The number of benzene rings is 2. The highest BCUT2D eigenvalue weighted by molar-refractivity contribution is 8.02. The van der Waals surface area contributed by atoms with Crippen LogP contribution in [0, 0.1) is 5.82 Å². The van der Waals surface area contributed by atoms with Crippen LogP contribution in [0.2, 0.25) is 5.02 Å². The summed E-state index contributed by atoms with van der Waals surface area (Å²) in [7, 11) is -2.99. The molecule has 1 saturated heterocycles. The summed E-state index contributed by atoms with van der Waals surface area (Å²) in [5, 5.41) is 0.122. The van der Waals surface area contributed by atoms with Gasteiger partial charge in [-0.15, -0.1) is 11.8 Å². The maximum absolute atomic E-state index is 13.1. The van der Waals surface area contributed by atoms with E-state index in [1.54, 1.807) is 24.3 Å². The van der Waals surface area contributed by atoms with Gasteiger partial charge in [-0.2, -0.15) is 0 Å². The molecule has 0 bridgehead atoms. The van der Waals surface area contributed by atoms with Crippen LogP contribution in [-0.4, -0.2) is 31.1 Å². The van der Waals surface area contributed by atoms with E-state index < -0.39 is 21.6 Å². The average Bonchev–Trinajstić information content (AvgIpc) is 2.93. The van der Waals surface area contributed by atoms with Gasteiger partial charge in [-0.25, -0.2) is 17.6 Å². The molecule has 0 aromatic heterocycles. The van der Waals surface area contributed by atoms with Crippen molar-refractivity contribution in [2.75, 3.05) is 11.5 Å². The summed E-state index contributed by atoms with van der Waals surface area (Å²) in [5.74, 6) is -0.695. The Bertz CT molecular complexity index is 931. The van der Waals surface area contributed by atoms with E-state index in [-0.39, 0.29) is 28.4 Å². The standard InChI is InChI=1S/C18H16ClFO4S2/c19-16-9-13(20)6-5-12(16)10-24-18(21)15-3-1-2-4-17(15)25-14-7-8-26(22,23)11-14/h1-6,9,14H,7-8,10-11H2/t14-/m0/s1. The second-order valence-electron chi connectivity index (χ2n) is 5.95. The first kappa shape index (κ1) is 19.2. The Morgan fingerprint density at radius 3 is 2.73 bits per heavy atom. The molecular formula is C18H16ClFO4S2. The zero-order valence-corrected chi connectivity index (χ0v) is 16.0. The van der Waals surface area contributed by atoms with E-state index in [4.69, 9.17) is 16.3 Å². The lowest BCUT2D eigenvalue weighted by Gasteiger charge is -2.12. The van der Waals surface area contributed by atoms with Gasteiger partial charge < -0.3 is 4.74 Å². The number of halogens is 2. The fourth-order valence-electron chi connectivity index (χ4n) is 2.63. The molecule has 1 aliphatic rings. The Morgan fingerprint density at radius 1 is 1.27 bits per heavy atom. The number of carbonyl (C=O) groups excluding carboxylic acids is 1. The molecule has 1 atom stereocenters. The van der Waals surface area contributed by atoms with Crippen molar-refractivity contribution in [3.05, 3.63) is 64.4 Å². The summed E-state index contributed by atoms with van der Waals surface area (Å²) in [5.41, 5.74) is 0.883. The lowest BCUT2D eigenvalue weighted by Crippen LogP contribution is -2.10. The minimum absolute atomic E-state index is 0.0690. The van der Waals surface area contributed by atoms with Crippen molar-refractivity contribution in [1.29, 1.82) is 0 Å². The van der Waals surface area contributed by atoms with Gasteiger partial charge in [-0.05, 0) is 30.7 Å². The highest BCUT2D eigenvalue weighted by Crippen LogP contribution is 2.33. The molecule has 138 valence electrons. The predicted molar refractivity (Wildman–Crippen MR) is 99.9 cm³/mol. The fraction of sp³-hybridized carbons (Fsp3) is 0.278. The molecule has 2 aromatic carbocycles. The highest BCUT2D eigenvalue weighted by Gasteiger charge is 2.29. The number of thioether (sulfide) groups is 1. The zero-order chi connectivity index (χ0) is 18.7. The molecule has 0 amide bonds. The number of hydrogen-bond donors (Lipinski definition) is 0. The molecule has 0 saturated carbocycles. The smallest absolute Gasteiger partial charge is 0.339 e. The van der Waals surface area contributed by atoms with Crippen LogP contribution >= 0.6 is 23.4 Å². The normalized spacial score (nSPS) is 18.6. The molecule has 4 nitrogen and oxygen atoms in total. The Labute approximate surface area is 160 Å². The molecule has 1 heterocycles. The highest BCUT2D eigenvalue weighted by atomic mass is 35.5. The van der Waals surface area contributed by atoms with Crippen molar-refractivity contribution in [3.8, 4) is 0 Å². The number of sulfone groups is 1. The van der Waals surface area contributed by atoms with Gasteiger partial charge in [0.1, 0.15) is 12.4 Å². The van der Waals surface area contributed by atoms with Crippen LogP contribution in [-0.2, 0) is 21.2 Å². The monoisotopic (exact) mass is 414 g/mol. The van der Waals surface area contributed by atoms with Gasteiger partial charge in [0, 0.05) is 15.7 Å². The maximum atomic E-state index is 13.1. The Hall–Kier alpha value is -1.57. The van der Waals surface area contributed by atoms with Crippen molar-refractivity contribution < 1.29 is 22.3 Å². The number of rotatable bonds is 5. The minimum Gasteiger partial charge on any atom is -0.457 e. The quantitative estimate of drug-likeness (QED) is 0.689. The average molecular weight is 415 g/mol. The lowest BCUT2D eigenvalue weighted by atomic mass is 10.2. The van der Waals surface area contributed by atoms with E-state index in [2.05, 4.69) is 0 Å². The molecule has 3 rings (SSSR count). The fourth-order valence-corrected chi connectivity index (χ4v) is 6.47. The molecule has 8 heteroatoms. The summed E-state index contributed by atoms with van der Waals surface area (Å²) < 4.78 is 41.6. The van der Waals surface area contributed by atoms with Gasteiger partial charge in [0.25, 0.3) is 0 Å². The Balaban J connectivity index is 1.69. The van der Waals surface area contributed by atoms with Crippen LogP contribution in [0.5, 0.6) is 0 Å². The summed E-state index contributed by atoms with van der Waals surface area (Å²) >= 11 is 7.32. The maximum Gasteiger partial charge on any atom is 0.339 e. The molecule has 26 heavy (non-hydrogen) atoms. The van der Waals surface area contributed by atoms with Gasteiger partial charge in [0.05, 0.1) is 22.1 Å². The second kappa shape index (κ2) is 7.98. The van der Waals surface area contributed by atoms with Crippen molar-refractivity contribution in [2.24, 2.45) is 0 Å². The lowest BCUT2D eigenvalue weighted by molar-refractivity contribution is 0.0468. The van der Waals surface area contributed by atoms with Crippen LogP contribution in [0.3, 0.4) is 0 Å². The van der Waals surface area contributed by atoms with E-state index in [0.29, 0.717) is 22.4 Å². The van der Waals surface area contributed by atoms with E-state index in [0.717, 1.165) is 6.07 Å². The topological polar surface area (TPSA) is 60.4 Å². The summed E-state index contributed by atoms with van der Waals surface area (Å²) in [6, 6.07) is 10.8. The predicted octanol–water partition coefficient (Wildman–Crippen LogP) is 4.12. The molecule has 0 N–H and O–H groups in total. The van der Waals surface area contributed by atoms with Gasteiger partial charge in [0.15, 0.2) is 9.84 Å². The summed E-state index contributed by atoms with van der Waals surface area (Å²) in [4.78, 5) is 13.1. The van der Waals surface area contributed by atoms with Crippen molar-refractivity contribution >= 4 is 39.2 Å². The third-order valence-electron chi connectivity index (χ3n) is 3.97. The molecule has 0 unspecified atom stereocenters. The van der Waals surface area contributed by atoms with Crippen LogP contribution in [0.25, 0.3) is 0 Å². The number of esters is 1. The zero-order valence-electron chi connectivity index (χ0n) is 13.7. The van der Waals surface area contributed by atoms with Crippen LogP contribution in [0.4, 0.5) is 4.39 Å². The second-order valence-corrected chi connectivity index (χ2v) is 9.93. The third-order valence-corrected chi connectivity index (χ3v) is 7.64. The molecule has 0 spiro atoms. The van der Waals surface area contributed by atoms with Gasteiger partial charge in [0.2, 0.25) is 0 Å².